The van der Waals surface area contributed by atoms with Crippen LogP contribution in [0.5, 0.6) is 0 Å². The maximum atomic E-state index is 12.3. The summed E-state index contributed by atoms with van der Waals surface area (Å²) in [6.45, 7) is 2.54. The number of anilines is 1. The third kappa shape index (κ3) is 3.99. The maximum absolute atomic E-state index is 12.3. The topological polar surface area (TPSA) is 106 Å². The molecule has 142 valence electrons. The van der Waals surface area contributed by atoms with Gasteiger partial charge in [-0.3, -0.25) is 9.78 Å². The SMILES string of the molecule is Cc1nnc(SCC(=O)Nc2ccc3oc(=O)[nH]c3c2)n1Cc1ccccc1. The van der Waals surface area contributed by atoms with Crippen molar-refractivity contribution >= 4 is 34.5 Å². The Morgan fingerprint density at radius 2 is 2.04 bits per heavy atom. The third-order valence-electron chi connectivity index (χ3n) is 4.12. The zero-order valence-electron chi connectivity index (χ0n) is 15.0. The van der Waals surface area contributed by atoms with E-state index in [1.54, 1.807) is 18.2 Å². The summed E-state index contributed by atoms with van der Waals surface area (Å²) in [4.78, 5) is 26.1. The fraction of sp³-hybridized carbons (Fsp3) is 0.158. The van der Waals surface area contributed by atoms with Gasteiger partial charge in [0.25, 0.3) is 0 Å². The Balaban J connectivity index is 1.41. The number of aryl methyl sites for hydroxylation is 1. The third-order valence-corrected chi connectivity index (χ3v) is 5.09. The van der Waals surface area contributed by atoms with Crippen LogP contribution in [0.25, 0.3) is 11.1 Å². The maximum Gasteiger partial charge on any atom is 0.417 e. The summed E-state index contributed by atoms with van der Waals surface area (Å²) in [6.07, 6.45) is 0. The van der Waals surface area contributed by atoms with Crippen molar-refractivity contribution in [3.8, 4) is 0 Å². The molecule has 0 saturated carbocycles. The first-order chi connectivity index (χ1) is 13.6. The first-order valence-electron chi connectivity index (χ1n) is 8.58. The fourth-order valence-corrected chi connectivity index (χ4v) is 3.56. The zero-order chi connectivity index (χ0) is 19.5. The van der Waals surface area contributed by atoms with Crippen LogP contribution in [0.1, 0.15) is 11.4 Å². The van der Waals surface area contributed by atoms with Gasteiger partial charge in [0.2, 0.25) is 5.91 Å². The van der Waals surface area contributed by atoms with E-state index in [1.807, 2.05) is 41.8 Å². The number of fused-ring (bicyclic) bond motifs is 1. The summed E-state index contributed by atoms with van der Waals surface area (Å²) < 4.78 is 6.93. The predicted molar refractivity (Wildman–Crippen MR) is 106 cm³/mol. The highest BCUT2D eigenvalue weighted by Crippen LogP contribution is 2.20. The smallest absolute Gasteiger partial charge is 0.408 e. The Morgan fingerprint density at radius 1 is 1.21 bits per heavy atom. The number of benzene rings is 2. The van der Waals surface area contributed by atoms with Crippen LogP contribution in [-0.4, -0.2) is 31.4 Å². The van der Waals surface area contributed by atoms with Crippen LogP contribution in [0, 0.1) is 6.92 Å². The minimum Gasteiger partial charge on any atom is -0.408 e. The van der Waals surface area contributed by atoms with E-state index in [0.29, 0.717) is 28.5 Å². The van der Waals surface area contributed by atoms with Crippen LogP contribution < -0.4 is 11.1 Å². The Morgan fingerprint density at radius 3 is 2.86 bits per heavy atom. The van der Waals surface area contributed by atoms with Crippen LogP contribution in [0.15, 0.2) is 62.9 Å². The Bertz CT molecular complexity index is 1180. The number of nitrogens with one attached hydrogen (secondary N) is 2. The molecule has 0 aliphatic rings. The van der Waals surface area contributed by atoms with Crippen molar-refractivity contribution in [2.24, 2.45) is 0 Å². The summed E-state index contributed by atoms with van der Waals surface area (Å²) in [5.74, 6) is 0.276. The van der Waals surface area contributed by atoms with Gasteiger partial charge in [-0.15, -0.1) is 10.2 Å². The van der Waals surface area contributed by atoms with Gasteiger partial charge < -0.3 is 14.3 Å². The van der Waals surface area contributed by atoms with Crippen molar-refractivity contribution in [3.05, 3.63) is 70.5 Å². The highest BCUT2D eigenvalue weighted by Gasteiger charge is 2.13. The van der Waals surface area contributed by atoms with Crippen LogP contribution in [0.3, 0.4) is 0 Å². The molecule has 2 N–H and O–H groups in total. The largest absolute Gasteiger partial charge is 0.417 e. The van der Waals surface area contributed by atoms with Crippen molar-refractivity contribution in [3.63, 3.8) is 0 Å². The Labute approximate surface area is 164 Å². The molecule has 4 aromatic rings. The van der Waals surface area contributed by atoms with Gasteiger partial charge in [0.1, 0.15) is 5.82 Å². The molecule has 9 heteroatoms. The number of aromatic amines is 1. The van der Waals surface area contributed by atoms with Gasteiger partial charge in [-0.25, -0.2) is 4.79 Å². The number of hydrogen-bond donors (Lipinski definition) is 2. The quantitative estimate of drug-likeness (QED) is 0.486. The molecule has 2 aromatic carbocycles. The highest BCUT2D eigenvalue weighted by molar-refractivity contribution is 7.99. The minimum atomic E-state index is -0.526. The van der Waals surface area contributed by atoms with Crippen LogP contribution in [0.4, 0.5) is 5.69 Å². The molecule has 0 radical (unpaired) electrons. The second-order valence-electron chi connectivity index (χ2n) is 6.16. The van der Waals surface area contributed by atoms with E-state index in [-0.39, 0.29) is 11.7 Å². The van der Waals surface area contributed by atoms with Gasteiger partial charge in [-0.05, 0) is 30.7 Å². The molecule has 0 bridgehead atoms. The van der Waals surface area contributed by atoms with Gasteiger partial charge in [0.15, 0.2) is 10.7 Å². The summed E-state index contributed by atoms with van der Waals surface area (Å²) in [7, 11) is 0. The number of aromatic nitrogens is 4. The number of hydrogen-bond acceptors (Lipinski definition) is 6. The molecule has 0 unspecified atom stereocenters. The fourth-order valence-electron chi connectivity index (χ4n) is 2.77. The van der Waals surface area contributed by atoms with E-state index in [4.69, 9.17) is 4.42 Å². The Hall–Kier alpha value is -3.33. The van der Waals surface area contributed by atoms with Crippen molar-refractivity contribution in [1.29, 1.82) is 0 Å². The summed E-state index contributed by atoms with van der Waals surface area (Å²) in [5, 5.41) is 11.8. The first-order valence-corrected chi connectivity index (χ1v) is 9.56. The number of carbonyl (C=O) groups is 1. The molecule has 8 nitrogen and oxygen atoms in total. The van der Waals surface area contributed by atoms with Crippen molar-refractivity contribution < 1.29 is 9.21 Å². The second kappa shape index (κ2) is 7.73. The molecule has 0 saturated heterocycles. The summed E-state index contributed by atoms with van der Waals surface area (Å²) in [5.41, 5.74) is 2.70. The molecule has 0 fully saturated rings. The molecule has 28 heavy (non-hydrogen) atoms. The van der Waals surface area contributed by atoms with Crippen molar-refractivity contribution in [1.82, 2.24) is 19.7 Å². The second-order valence-corrected chi connectivity index (χ2v) is 7.11. The average Bonchev–Trinajstić information content (AvgIpc) is 3.22. The normalized spacial score (nSPS) is 11.0. The molecule has 2 aromatic heterocycles. The van der Waals surface area contributed by atoms with E-state index in [2.05, 4.69) is 20.5 Å². The number of thioether (sulfide) groups is 1. The van der Waals surface area contributed by atoms with E-state index >= 15 is 0 Å². The molecular weight excluding hydrogens is 378 g/mol. The van der Waals surface area contributed by atoms with Crippen molar-refractivity contribution in [2.75, 3.05) is 11.1 Å². The Kier molecular flexibility index (Phi) is 4.98. The van der Waals surface area contributed by atoms with E-state index in [9.17, 15) is 9.59 Å². The summed E-state index contributed by atoms with van der Waals surface area (Å²) in [6, 6.07) is 15.0. The number of nitrogens with zero attached hydrogens (tertiary/aromatic N) is 3. The van der Waals surface area contributed by atoms with E-state index in [1.165, 1.54) is 11.8 Å². The number of carbonyl (C=O) groups excluding carboxylic acids is 1. The lowest BCUT2D eigenvalue weighted by Crippen LogP contribution is -2.14. The average molecular weight is 395 g/mol. The van der Waals surface area contributed by atoms with Crippen LogP contribution in [0.2, 0.25) is 0 Å². The van der Waals surface area contributed by atoms with Gasteiger partial charge in [0.05, 0.1) is 17.8 Å². The number of amides is 1. The highest BCUT2D eigenvalue weighted by atomic mass is 32.2. The first kappa shape index (κ1) is 18.1. The minimum absolute atomic E-state index is 0.179. The lowest BCUT2D eigenvalue weighted by Gasteiger charge is -2.09. The van der Waals surface area contributed by atoms with E-state index in [0.717, 1.165) is 11.4 Å². The molecule has 2 heterocycles. The molecule has 0 aliphatic heterocycles. The summed E-state index contributed by atoms with van der Waals surface area (Å²) >= 11 is 1.32. The molecule has 1 amide bonds. The number of oxazole rings is 1. The van der Waals surface area contributed by atoms with Gasteiger partial charge in [-0.1, -0.05) is 42.1 Å². The molecular formula is C19H17N5O3S. The van der Waals surface area contributed by atoms with Gasteiger partial charge >= 0.3 is 5.76 Å². The van der Waals surface area contributed by atoms with E-state index < -0.39 is 5.76 Å². The molecule has 4 rings (SSSR count). The lowest BCUT2D eigenvalue weighted by atomic mass is 10.2. The van der Waals surface area contributed by atoms with Crippen LogP contribution in [-0.2, 0) is 11.3 Å². The monoisotopic (exact) mass is 395 g/mol. The molecule has 0 atom stereocenters. The van der Waals surface area contributed by atoms with Crippen molar-refractivity contribution in [2.45, 2.75) is 18.6 Å². The standard InChI is InChI=1S/C19H17N5O3S/c1-12-22-23-18(24(12)10-13-5-3-2-4-6-13)28-11-17(25)20-14-7-8-16-15(9-14)21-19(26)27-16/h2-9H,10-11H2,1H3,(H,20,25)(H,21,26). The lowest BCUT2D eigenvalue weighted by molar-refractivity contribution is -0.113. The number of H-pyrrole nitrogens is 1. The molecule has 0 spiro atoms. The van der Waals surface area contributed by atoms with Gasteiger partial charge in [-0.2, -0.15) is 0 Å². The number of rotatable bonds is 6. The predicted octanol–water partition coefficient (Wildman–Crippen LogP) is 2.80. The zero-order valence-corrected chi connectivity index (χ0v) is 15.8. The molecule has 0 aliphatic carbocycles. The van der Waals surface area contributed by atoms with Gasteiger partial charge in [0, 0.05) is 5.69 Å². The van der Waals surface area contributed by atoms with Crippen LogP contribution >= 0.6 is 11.8 Å².